The van der Waals surface area contributed by atoms with Gasteiger partial charge >= 0.3 is 0 Å². The summed E-state index contributed by atoms with van der Waals surface area (Å²) in [4.78, 5) is 16.5. The zero-order chi connectivity index (χ0) is 23.4. The molecule has 0 radical (unpaired) electrons. The van der Waals surface area contributed by atoms with Crippen molar-refractivity contribution in [3.8, 4) is 5.75 Å². The molecule has 0 aliphatic heterocycles. The molecule has 5 heteroatoms. The Hall–Kier alpha value is -1.88. The Labute approximate surface area is 198 Å². The van der Waals surface area contributed by atoms with Crippen LogP contribution in [0.2, 0.25) is 0 Å². The highest BCUT2D eigenvalue weighted by Gasteiger charge is 2.59. The first-order valence-electron chi connectivity index (χ1n) is 13.0. The van der Waals surface area contributed by atoms with Gasteiger partial charge in [0.2, 0.25) is 0 Å². The second-order valence-electron chi connectivity index (χ2n) is 11.7. The Kier molecular flexibility index (Phi) is 5.83. The SMILES string of the molecule is CNC(=O)c1ccncc1OC(C)[C@H]1CC[C@H]2[C@@H]3CC=C4C[C@@H](O)CC[C@]4(C)[C@H]3CC[C@]12C. The van der Waals surface area contributed by atoms with E-state index in [-0.39, 0.29) is 28.9 Å². The van der Waals surface area contributed by atoms with Gasteiger partial charge in [-0.3, -0.25) is 9.78 Å². The summed E-state index contributed by atoms with van der Waals surface area (Å²) in [6.45, 7) is 7.19. The minimum absolute atomic E-state index is 0.0410. The summed E-state index contributed by atoms with van der Waals surface area (Å²) in [5, 5.41) is 13.0. The van der Waals surface area contributed by atoms with Gasteiger partial charge < -0.3 is 15.2 Å². The summed E-state index contributed by atoms with van der Waals surface area (Å²) in [7, 11) is 1.65. The van der Waals surface area contributed by atoms with Crippen molar-refractivity contribution in [1.29, 1.82) is 0 Å². The molecule has 0 saturated heterocycles. The van der Waals surface area contributed by atoms with Gasteiger partial charge in [-0.05, 0) is 92.9 Å². The lowest BCUT2D eigenvalue weighted by atomic mass is 9.47. The van der Waals surface area contributed by atoms with Crippen molar-refractivity contribution in [3.05, 3.63) is 35.7 Å². The topological polar surface area (TPSA) is 71.5 Å². The van der Waals surface area contributed by atoms with Gasteiger partial charge in [0.25, 0.3) is 5.91 Å². The summed E-state index contributed by atoms with van der Waals surface area (Å²) in [6, 6.07) is 1.74. The lowest BCUT2D eigenvalue weighted by Crippen LogP contribution is -2.51. The van der Waals surface area contributed by atoms with Gasteiger partial charge in [0, 0.05) is 19.2 Å². The van der Waals surface area contributed by atoms with Gasteiger partial charge in [-0.15, -0.1) is 0 Å². The normalized spacial score (nSPS) is 40.6. The van der Waals surface area contributed by atoms with Crippen molar-refractivity contribution in [2.24, 2.45) is 34.5 Å². The molecule has 3 saturated carbocycles. The second kappa shape index (κ2) is 8.41. The fourth-order valence-electron chi connectivity index (χ4n) is 8.53. The van der Waals surface area contributed by atoms with Gasteiger partial charge in [0.15, 0.2) is 5.75 Å². The number of rotatable bonds is 4. The largest absolute Gasteiger partial charge is 0.488 e. The molecule has 0 spiro atoms. The van der Waals surface area contributed by atoms with Crippen LogP contribution in [0, 0.1) is 34.5 Å². The molecule has 3 fully saturated rings. The molecule has 1 aromatic heterocycles. The van der Waals surface area contributed by atoms with Crippen LogP contribution in [0.3, 0.4) is 0 Å². The molecule has 0 bridgehead atoms. The average molecular weight is 453 g/mol. The minimum atomic E-state index is -0.143. The number of hydrogen-bond acceptors (Lipinski definition) is 4. The van der Waals surface area contributed by atoms with Crippen LogP contribution in [-0.2, 0) is 0 Å². The highest BCUT2D eigenvalue weighted by Crippen LogP contribution is 2.66. The maximum absolute atomic E-state index is 12.3. The third-order valence-corrected chi connectivity index (χ3v) is 10.3. The van der Waals surface area contributed by atoms with Crippen molar-refractivity contribution < 1.29 is 14.6 Å². The minimum Gasteiger partial charge on any atom is -0.488 e. The van der Waals surface area contributed by atoms with Gasteiger partial charge in [0.1, 0.15) is 0 Å². The standard InChI is InChI=1S/C28H40N2O3/c1-17(33-25-16-30-14-11-21(25)26(32)29-4)22-7-8-23-20-6-5-18-15-19(31)9-12-27(18,2)24(20)10-13-28(22,23)3/h5,11,14,16-17,19-20,22-24,31H,6-10,12-13,15H2,1-4H3,(H,29,32)/t17?,19-,20-,22+,23-,24-,27-,28+/m0/s1. The van der Waals surface area contributed by atoms with E-state index in [1.54, 1.807) is 25.5 Å². The Morgan fingerprint density at radius 2 is 2.03 bits per heavy atom. The number of ether oxygens (including phenoxy) is 1. The first kappa shape index (κ1) is 22.9. The van der Waals surface area contributed by atoms with Crippen LogP contribution in [-0.4, -0.2) is 35.3 Å². The molecule has 180 valence electrons. The maximum Gasteiger partial charge on any atom is 0.254 e. The number of aliphatic hydroxyl groups is 1. The Morgan fingerprint density at radius 1 is 1.21 bits per heavy atom. The third-order valence-electron chi connectivity index (χ3n) is 10.3. The van der Waals surface area contributed by atoms with E-state index in [1.807, 2.05) is 0 Å². The van der Waals surface area contributed by atoms with E-state index in [0.29, 0.717) is 17.2 Å². The van der Waals surface area contributed by atoms with E-state index in [4.69, 9.17) is 4.74 Å². The second-order valence-corrected chi connectivity index (χ2v) is 11.7. The van der Waals surface area contributed by atoms with Crippen molar-refractivity contribution in [1.82, 2.24) is 10.3 Å². The zero-order valence-corrected chi connectivity index (χ0v) is 20.6. The Morgan fingerprint density at radius 3 is 2.82 bits per heavy atom. The molecule has 33 heavy (non-hydrogen) atoms. The molecule has 0 aromatic carbocycles. The lowest BCUT2D eigenvalue weighted by molar-refractivity contribution is -0.0643. The van der Waals surface area contributed by atoms with Crippen LogP contribution in [0.25, 0.3) is 0 Å². The maximum atomic E-state index is 12.3. The number of aliphatic hydroxyl groups excluding tert-OH is 1. The number of fused-ring (bicyclic) bond motifs is 5. The molecule has 1 heterocycles. The number of allylic oxidation sites excluding steroid dienone is 1. The molecule has 1 amide bonds. The van der Waals surface area contributed by atoms with Gasteiger partial charge in [-0.25, -0.2) is 0 Å². The molecule has 8 atom stereocenters. The summed E-state index contributed by atoms with van der Waals surface area (Å²) >= 11 is 0. The molecule has 4 aliphatic rings. The van der Waals surface area contributed by atoms with Gasteiger partial charge in [0.05, 0.1) is 24.0 Å². The van der Waals surface area contributed by atoms with E-state index in [0.717, 1.165) is 37.0 Å². The number of hydrogen-bond donors (Lipinski definition) is 2. The molecule has 2 N–H and O–H groups in total. The average Bonchev–Trinajstić information content (AvgIpc) is 3.16. The molecule has 5 rings (SSSR count). The number of pyridine rings is 1. The number of amides is 1. The van der Waals surface area contributed by atoms with Crippen molar-refractivity contribution in [2.45, 2.75) is 84.3 Å². The molecule has 1 unspecified atom stereocenters. The van der Waals surface area contributed by atoms with Crippen molar-refractivity contribution in [3.63, 3.8) is 0 Å². The van der Waals surface area contributed by atoms with Crippen LogP contribution in [0.1, 0.15) is 82.5 Å². The number of carbonyl (C=O) groups is 1. The van der Waals surface area contributed by atoms with Gasteiger partial charge in [-0.2, -0.15) is 0 Å². The summed E-state index contributed by atoms with van der Waals surface area (Å²) in [5.41, 5.74) is 2.64. The van der Waals surface area contributed by atoms with E-state index >= 15 is 0 Å². The highest BCUT2D eigenvalue weighted by atomic mass is 16.5. The van der Waals surface area contributed by atoms with E-state index in [9.17, 15) is 9.90 Å². The van der Waals surface area contributed by atoms with Crippen LogP contribution >= 0.6 is 0 Å². The van der Waals surface area contributed by atoms with Crippen LogP contribution in [0.5, 0.6) is 5.75 Å². The number of nitrogens with one attached hydrogen (secondary N) is 1. The van der Waals surface area contributed by atoms with E-state index in [1.165, 1.54) is 37.7 Å². The van der Waals surface area contributed by atoms with Crippen LogP contribution in [0.4, 0.5) is 0 Å². The predicted molar refractivity (Wildman–Crippen MR) is 129 cm³/mol. The van der Waals surface area contributed by atoms with Crippen molar-refractivity contribution >= 4 is 5.91 Å². The molecule has 1 aromatic rings. The van der Waals surface area contributed by atoms with Crippen LogP contribution < -0.4 is 10.1 Å². The van der Waals surface area contributed by atoms with Crippen LogP contribution in [0.15, 0.2) is 30.1 Å². The first-order chi connectivity index (χ1) is 15.8. The molecule has 4 aliphatic carbocycles. The quantitative estimate of drug-likeness (QED) is 0.620. The highest BCUT2D eigenvalue weighted by molar-refractivity contribution is 5.96. The monoisotopic (exact) mass is 452 g/mol. The number of carbonyl (C=O) groups excluding carboxylic acids is 1. The van der Waals surface area contributed by atoms with E-state index in [2.05, 4.69) is 37.1 Å². The Bertz CT molecular complexity index is 945. The summed E-state index contributed by atoms with van der Waals surface area (Å²) in [5.74, 6) is 3.14. The molecule has 5 nitrogen and oxygen atoms in total. The summed E-state index contributed by atoms with van der Waals surface area (Å²) < 4.78 is 6.46. The fourth-order valence-corrected chi connectivity index (χ4v) is 8.53. The number of aromatic nitrogens is 1. The fraction of sp³-hybridized carbons (Fsp3) is 0.714. The lowest BCUT2D eigenvalue weighted by Gasteiger charge is -2.58. The summed E-state index contributed by atoms with van der Waals surface area (Å²) in [6.07, 6.45) is 14.9. The smallest absolute Gasteiger partial charge is 0.254 e. The van der Waals surface area contributed by atoms with E-state index < -0.39 is 0 Å². The molecular weight excluding hydrogens is 412 g/mol. The predicted octanol–water partition coefficient (Wildman–Crippen LogP) is 5.15. The molecular formula is C28H40N2O3. The third kappa shape index (κ3) is 3.62. The Balaban J connectivity index is 1.36. The van der Waals surface area contributed by atoms with Crippen molar-refractivity contribution in [2.75, 3.05) is 7.05 Å². The van der Waals surface area contributed by atoms with Gasteiger partial charge in [-0.1, -0.05) is 25.5 Å². The number of nitrogens with zero attached hydrogens (tertiary/aromatic N) is 1. The zero-order valence-electron chi connectivity index (χ0n) is 20.6. The first-order valence-corrected chi connectivity index (χ1v) is 13.0.